The molecule has 0 aliphatic carbocycles. The Kier molecular flexibility index (Phi) is 9.27. The third-order valence-electron chi connectivity index (χ3n) is 4.28. The Morgan fingerprint density at radius 2 is 2.00 bits per heavy atom. The molecule has 1 atom stereocenters. The molecule has 28 heavy (non-hydrogen) atoms. The number of rotatable bonds is 11. The van der Waals surface area contributed by atoms with Crippen molar-refractivity contribution >= 4 is 17.3 Å². The first-order valence-corrected chi connectivity index (χ1v) is 10.5. The van der Waals surface area contributed by atoms with Crippen LogP contribution in [0.1, 0.15) is 31.4 Å². The first-order chi connectivity index (χ1) is 13.5. The second-order valence-corrected chi connectivity index (χ2v) is 7.41. The molecule has 0 spiro atoms. The van der Waals surface area contributed by atoms with E-state index in [1.165, 1.54) is 0 Å². The maximum absolute atomic E-state index is 10.7. The van der Waals surface area contributed by atoms with E-state index in [4.69, 9.17) is 9.47 Å². The van der Waals surface area contributed by atoms with Crippen molar-refractivity contribution in [1.29, 1.82) is 0 Å². The smallest absolute Gasteiger partial charge is 0.191 e. The van der Waals surface area contributed by atoms with Gasteiger partial charge >= 0.3 is 0 Å². The summed E-state index contributed by atoms with van der Waals surface area (Å²) < 4.78 is 10.6. The standard InChI is InChI=1S/C21H31N3O3S/c1-4-27-12-5-11-22-20(23-14-17-6-8-19(26-3)9-7-17)24-16-21(2,25)18-10-13-28-15-18/h6-10,13,15,25H,4-5,11-12,14,16H2,1-3H3,(H2,22,23,24). The molecule has 1 heterocycles. The van der Waals surface area contributed by atoms with Crippen LogP contribution in [0.15, 0.2) is 46.1 Å². The van der Waals surface area contributed by atoms with Crippen molar-refractivity contribution in [3.8, 4) is 5.75 Å². The van der Waals surface area contributed by atoms with Crippen molar-refractivity contribution in [2.75, 3.05) is 33.4 Å². The highest BCUT2D eigenvalue weighted by atomic mass is 32.1. The van der Waals surface area contributed by atoms with Crippen molar-refractivity contribution in [2.45, 2.75) is 32.4 Å². The van der Waals surface area contributed by atoms with Gasteiger partial charge in [0.2, 0.25) is 0 Å². The van der Waals surface area contributed by atoms with Crippen LogP contribution in [0.2, 0.25) is 0 Å². The molecule has 0 fully saturated rings. The normalized spacial score (nSPS) is 13.8. The number of aliphatic imine (C=N–C) groups is 1. The van der Waals surface area contributed by atoms with Crippen LogP contribution in [0, 0.1) is 0 Å². The highest BCUT2D eigenvalue weighted by Crippen LogP contribution is 2.22. The molecule has 1 aromatic carbocycles. The number of thiophene rings is 1. The van der Waals surface area contributed by atoms with E-state index < -0.39 is 5.60 Å². The molecule has 1 unspecified atom stereocenters. The minimum absolute atomic E-state index is 0.365. The lowest BCUT2D eigenvalue weighted by atomic mass is 9.99. The van der Waals surface area contributed by atoms with E-state index >= 15 is 0 Å². The molecule has 3 N–H and O–H groups in total. The average Bonchev–Trinajstić information content (AvgIpc) is 3.25. The van der Waals surface area contributed by atoms with Crippen LogP contribution >= 0.6 is 11.3 Å². The van der Waals surface area contributed by atoms with E-state index in [2.05, 4.69) is 15.6 Å². The summed E-state index contributed by atoms with van der Waals surface area (Å²) in [4.78, 5) is 4.66. The molecule has 7 heteroatoms. The number of hydrogen-bond donors (Lipinski definition) is 3. The van der Waals surface area contributed by atoms with E-state index in [9.17, 15) is 5.11 Å². The summed E-state index contributed by atoms with van der Waals surface area (Å²) >= 11 is 1.57. The Hall–Kier alpha value is -2.09. The van der Waals surface area contributed by atoms with E-state index in [0.717, 1.165) is 36.4 Å². The van der Waals surface area contributed by atoms with Crippen LogP contribution in [0.4, 0.5) is 0 Å². The molecule has 0 saturated carbocycles. The second kappa shape index (κ2) is 11.7. The van der Waals surface area contributed by atoms with Crippen molar-refractivity contribution < 1.29 is 14.6 Å². The summed E-state index contributed by atoms with van der Waals surface area (Å²) in [6.07, 6.45) is 0.887. The van der Waals surface area contributed by atoms with Crippen LogP contribution in [0.3, 0.4) is 0 Å². The Morgan fingerprint density at radius 1 is 1.21 bits per heavy atom. The zero-order valence-electron chi connectivity index (χ0n) is 16.9. The predicted octanol–water partition coefficient (Wildman–Crippen LogP) is 3.13. The number of nitrogens with one attached hydrogen (secondary N) is 2. The number of nitrogens with zero attached hydrogens (tertiary/aromatic N) is 1. The molecule has 0 aliphatic heterocycles. The molecule has 0 saturated heterocycles. The largest absolute Gasteiger partial charge is 0.497 e. The summed E-state index contributed by atoms with van der Waals surface area (Å²) in [5.41, 5.74) is 1.02. The molecule has 0 bridgehead atoms. The van der Waals surface area contributed by atoms with Crippen LogP contribution in [0.25, 0.3) is 0 Å². The molecule has 0 amide bonds. The van der Waals surface area contributed by atoms with Crippen LogP contribution in [-0.2, 0) is 16.9 Å². The van der Waals surface area contributed by atoms with Crippen molar-refractivity contribution in [3.63, 3.8) is 0 Å². The molecule has 0 aliphatic rings. The Bertz CT molecular complexity index is 700. The van der Waals surface area contributed by atoms with Crippen LogP contribution in [-0.4, -0.2) is 44.5 Å². The number of aliphatic hydroxyl groups is 1. The molecular formula is C21H31N3O3S. The van der Waals surface area contributed by atoms with Crippen LogP contribution in [0.5, 0.6) is 5.75 Å². The molecule has 1 aromatic heterocycles. The third kappa shape index (κ3) is 7.50. The average molecular weight is 406 g/mol. The number of hydrogen-bond acceptors (Lipinski definition) is 5. The van der Waals surface area contributed by atoms with Gasteiger partial charge in [0.15, 0.2) is 5.96 Å². The summed E-state index contributed by atoms with van der Waals surface area (Å²) in [5, 5.41) is 21.2. The molecule has 2 aromatic rings. The Balaban J connectivity index is 1.96. The summed E-state index contributed by atoms with van der Waals surface area (Å²) in [6, 6.07) is 9.78. The summed E-state index contributed by atoms with van der Waals surface area (Å²) in [6.45, 7) is 6.87. The third-order valence-corrected chi connectivity index (χ3v) is 4.97. The Labute approximate surface area is 171 Å². The van der Waals surface area contributed by atoms with Gasteiger partial charge in [0, 0.05) is 19.8 Å². The lowest BCUT2D eigenvalue weighted by Crippen LogP contribution is -2.44. The summed E-state index contributed by atoms with van der Waals surface area (Å²) in [7, 11) is 1.65. The first-order valence-electron chi connectivity index (χ1n) is 9.53. The quantitative estimate of drug-likeness (QED) is 0.304. The van der Waals surface area contributed by atoms with E-state index in [0.29, 0.717) is 25.7 Å². The molecular weight excluding hydrogens is 374 g/mol. The van der Waals surface area contributed by atoms with Crippen molar-refractivity contribution in [1.82, 2.24) is 10.6 Å². The summed E-state index contributed by atoms with van der Waals surface area (Å²) in [5.74, 6) is 1.50. The SMILES string of the molecule is CCOCCCNC(=NCc1ccc(OC)cc1)NCC(C)(O)c1ccsc1. The zero-order valence-corrected chi connectivity index (χ0v) is 17.7. The van der Waals surface area contributed by atoms with Gasteiger partial charge in [0.05, 0.1) is 20.2 Å². The van der Waals surface area contributed by atoms with Gasteiger partial charge in [0.25, 0.3) is 0 Å². The Morgan fingerprint density at radius 3 is 2.64 bits per heavy atom. The van der Waals surface area contributed by atoms with E-state index in [1.807, 2.05) is 48.0 Å². The fourth-order valence-electron chi connectivity index (χ4n) is 2.53. The highest BCUT2D eigenvalue weighted by Gasteiger charge is 2.23. The van der Waals surface area contributed by atoms with Gasteiger partial charge in [-0.3, -0.25) is 0 Å². The number of guanidine groups is 1. The fourth-order valence-corrected chi connectivity index (χ4v) is 3.31. The minimum atomic E-state index is -0.964. The number of methoxy groups -OCH3 is 1. The number of ether oxygens (including phenoxy) is 2. The maximum Gasteiger partial charge on any atom is 0.191 e. The van der Waals surface area contributed by atoms with Crippen LogP contribution < -0.4 is 15.4 Å². The zero-order chi connectivity index (χ0) is 20.2. The van der Waals surface area contributed by atoms with Crippen molar-refractivity contribution in [3.05, 3.63) is 52.2 Å². The number of benzene rings is 1. The van der Waals surface area contributed by atoms with Gasteiger partial charge in [-0.25, -0.2) is 4.99 Å². The van der Waals surface area contributed by atoms with E-state index in [1.54, 1.807) is 25.4 Å². The van der Waals surface area contributed by atoms with Gasteiger partial charge in [-0.2, -0.15) is 11.3 Å². The first kappa shape index (κ1) is 22.2. The highest BCUT2D eigenvalue weighted by molar-refractivity contribution is 7.08. The molecule has 6 nitrogen and oxygen atoms in total. The molecule has 0 radical (unpaired) electrons. The fraction of sp³-hybridized carbons (Fsp3) is 0.476. The van der Waals surface area contributed by atoms with Gasteiger partial charge in [-0.1, -0.05) is 12.1 Å². The monoisotopic (exact) mass is 405 g/mol. The van der Waals surface area contributed by atoms with Gasteiger partial charge in [-0.05, 0) is 60.4 Å². The van der Waals surface area contributed by atoms with Crippen molar-refractivity contribution in [2.24, 2.45) is 4.99 Å². The molecule has 154 valence electrons. The molecule has 2 rings (SSSR count). The van der Waals surface area contributed by atoms with Gasteiger partial charge < -0.3 is 25.2 Å². The topological polar surface area (TPSA) is 75.1 Å². The van der Waals surface area contributed by atoms with Gasteiger partial charge in [0.1, 0.15) is 11.4 Å². The second-order valence-electron chi connectivity index (χ2n) is 6.63. The predicted molar refractivity (Wildman–Crippen MR) is 115 cm³/mol. The maximum atomic E-state index is 10.7. The lowest BCUT2D eigenvalue weighted by Gasteiger charge is -2.24. The lowest BCUT2D eigenvalue weighted by molar-refractivity contribution is 0.0621. The van der Waals surface area contributed by atoms with E-state index in [-0.39, 0.29) is 0 Å². The minimum Gasteiger partial charge on any atom is -0.497 e. The van der Waals surface area contributed by atoms with Gasteiger partial charge in [-0.15, -0.1) is 0 Å².